The lowest BCUT2D eigenvalue weighted by atomic mass is 9.84. The van der Waals surface area contributed by atoms with Crippen LogP contribution < -0.4 is 5.32 Å². The Bertz CT molecular complexity index is 178. The zero-order chi connectivity index (χ0) is 7.84. The zero-order valence-corrected chi connectivity index (χ0v) is 7.08. The zero-order valence-electron chi connectivity index (χ0n) is 7.08. The van der Waals surface area contributed by atoms with Gasteiger partial charge >= 0.3 is 0 Å². The van der Waals surface area contributed by atoms with E-state index >= 15 is 0 Å². The maximum Gasteiger partial charge on any atom is 0.0808 e. The van der Waals surface area contributed by atoms with Gasteiger partial charge in [0.2, 0.25) is 0 Å². The number of hydrogen-bond acceptors (Lipinski definition) is 2. The van der Waals surface area contributed by atoms with Gasteiger partial charge in [0.25, 0.3) is 0 Å². The van der Waals surface area contributed by atoms with Gasteiger partial charge in [-0.3, -0.25) is 0 Å². The molecule has 2 heterocycles. The molecule has 1 fully saturated rings. The standard InChI is InChI=1S/C9H15NO/c1-6-7(5-10-2)9-4-3-8(6)11-9/h3-4,6-10H,5H2,1-2H3. The minimum atomic E-state index is 0.391. The predicted octanol–water partition coefficient (Wildman–Crippen LogP) is 0.795. The minimum Gasteiger partial charge on any atom is -0.366 e. The molecule has 0 radical (unpaired) electrons. The van der Waals surface area contributed by atoms with Crippen LogP contribution in [-0.2, 0) is 4.74 Å². The van der Waals surface area contributed by atoms with Crippen molar-refractivity contribution in [2.24, 2.45) is 11.8 Å². The quantitative estimate of drug-likeness (QED) is 0.592. The molecule has 11 heavy (non-hydrogen) atoms. The second-order valence-electron chi connectivity index (χ2n) is 3.53. The average Bonchev–Trinajstić information content (AvgIpc) is 2.54. The molecule has 2 bridgehead atoms. The molecule has 0 amide bonds. The third kappa shape index (κ3) is 1.01. The van der Waals surface area contributed by atoms with E-state index < -0.39 is 0 Å². The maximum atomic E-state index is 5.70. The molecule has 1 N–H and O–H groups in total. The van der Waals surface area contributed by atoms with Gasteiger partial charge in [-0.1, -0.05) is 19.1 Å². The molecule has 2 heteroatoms. The molecule has 4 atom stereocenters. The summed E-state index contributed by atoms with van der Waals surface area (Å²) in [6.07, 6.45) is 5.19. The summed E-state index contributed by atoms with van der Waals surface area (Å²) in [7, 11) is 2.00. The van der Waals surface area contributed by atoms with Gasteiger partial charge in [0, 0.05) is 12.5 Å². The second kappa shape index (κ2) is 2.61. The fourth-order valence-corrected chi connectivity index (χ4v) is 2.11. The molecule has 2 nitrogen and oxygen atoms in total. The topological polar surface area (TPSA) is 21.3 Å². The molecule has 0 aliphatic carbocycles. The lowest BCUT2D eigenvalue weighted by molar-refractivity contribution is 0.104. The van der Waals surface area contributed by atoms with Gasteiger partial charge in [0.1, 0.15) is 0 Å². The molecular weight excluding hydrogens is 138 g/mol. The van der Waals surface area contributed by atoms with Crippen molar-refractivity contribution in [1.82, 2.24) is 5.32 Å². The van der Waals surface area contributed by atoms with Crippen molar-refractivity contribution in [2.45, 2.75) is 19.1 Å². The van der Waals surface area contributed by atoms with Crippen LogP contribution in [0.25, 0.3) is 0 Å². The van der Waals surface area contributed by atoms with E-state index in [0.717, 1.165) is 6.54 Å². The molecular formula is C9H15NO. The predicted molar refractivity (Wildman–Crippen MR) is 44.4 cm³/mol. The largest absolute Gasteiger partial charge is 0.366 e. The Hall–Kier alpha value is -0.340. The summed E-state index contributed by atoms with van der Waals surface area (Å²) in [5, 5.41) is 3.21. The van der Waals surface area contributed by atoms with Crippen molar-refractivity contribution in [3.05, 3.63) is 12.2 Å². The Labute approximate surface area is 67.6 Å². The first-order chi connectivity index (χ1) is 5.33. The Morgan fingerprint density at radius 1 is 1.36 bits per heavy atom. The normalized spacial score (nSPS) is 47.1. The Morgan fingerprint density at radius 2 is 2.09 bits per heavy atom. The SMILES string of the molecule is CNCC1C2C=CC(O2)C1C. The van der Waals surface area contributed by atoms with Gasteiger partial charge in [0.05, 0.1) is 12.2 Å². The van der Waals surface area contributed by atoms with Gasteiger partial charge < -0.3 is 10.1 Å². The van der Waals surface area contributed by atoms with Crippen LogP contribution in [0.15, 0.2) is 12.2 Å². The van der Waals surface area contributed by atoms with E-state index in [1.165, 1.54) is 0 Å². The number of hydrogen-bond donors (Lipinski definition) is 1. The lowest BCUT2D eigenvalue weighted by Gasteiger charge is -2.20. The van der Waals surface area contributed by atoms with Crippen LogP contribution >= 0.6 is 0 Å². The summed E-state index contributed by atoms with van der Waals surface area (Å²) in [5.74, 6) is 1.38. The van der Waals surface area contributed by atoms with Crippen LogP contribution in [0.4, 0.5) is 0 Å². The van der Waals surface area contributed by atoms with Crippen molar-refractivity contribution in [3.63, 3.8) is 0 Å². The monoisotopic (exact) mass is 153 g/mol. The third-order valence-electron chi connectivity index (χ3n) is 2.86. The average molecular weight is 153 g/mol. The first kappa shape index (κ1) is 7.32. The molecule has 62 valence electrons. The van der Waals surface area contributed by atoms with Crippen molar-refractivity contribution in [3.8, 4) is 0 Å². The smallest absolute Gasteiger partial charge is 0.0808 e. The van der Waals surface area contributed by atoms with Gasteiger partial charge in [-0.05, 0) is 13.0 Å². The summed E-state index contributed by atoms with van der Waals surface area (Å²) in [6, 6.07) is 0. The molecule has 2 rings (SSSR count). The van der Waals surface area contributed by atoms with Gasteiger partial charge in [0.15, 0.2) is 0 Å². The van der Waals surface area contributed by atoms with Crippen LogP contribution in [0.2, 0.25) is 0 Å². The van der Waals surface area contributed by atoms with Crippen LogP contribution in [0.1, 0.15) is 6.92 Å². The number of fused-ring (bicyclic) bond motifs is 2. The van der Waals surface area contributed by atoms with Gasteiger partial charge in [-0.25, -0.2) is 0 Å². The Morgan fingerprint density at radius 3 is 2.64 bits per heavy atom. The fraction of sp³-hybridized carbons (Fsp3) is 0.778. The van der Waals surface area contributed by atoms with Crippen molar-refractivity contribution in [2.75, 3.05) is 13.6 Å². The van der Waals surface area contributed by atoms with E-state index in [1.54, 1.807) is 0 Å². The molecule has 0 spiro atoms. The van der Waals surface area contributed by atoms with E-state index in [0.29, 0.717) is 24.0 Å². The fourth-order valence-electron chi connectivity index (χ4n) is 2.11. The van der Waals surface area contributed by atoms with E-state index in [-0.39, 0.29) is 0 Å². The van der Waals surface area contributed by atoms with E-state index in [2.05, 4.69) is 24.4 Å². The highest BCUT2D eigenvalue weighted by atomic mass is 16.5. The van der Waals surface area contributed by atoms with Crippen LogP contribution in [0.5, 0.6) is 0 Å². The van der Waals surface area contributed by atoms with Crippen LogP contribution in [-0.4, -0.2) is 25.8 Å². The molecule has 2 aliphatic heterocycles. The summed E-state index contributed by atoms with van der Waals surface area (Å²) < 4.78 is 5.70. The van der Waals surface area contributed by atoms with Crippen molar-refractivity contribution < 1.29 is 4.74 Å². The summed E-state index contributed by atoms with van der Waals surface area (Å²) in [6.45, 7) is 3.35. The summed E-state index contributed by atoms with van der Waals surface area (Å²) >= 11 is 0. The highest BCUT2D eigenvalue weighted by Gasteiger charge is 2.42. The first-order valence-electron chi connectivity index (χ1n) is 4.31. The minimum absolute atomic E-state index is 0.391. The van der Waals surface area contributed by atoms with Crippen LogP contribution in [0.3, 0.4) is 0 Å². The second-order valence-corrected chi connectivity index (χ2v) is 3.53. The highest BCUT2D eigenvalue weighted by Crippen LogP contribution is 2.37. The summed E-state index contributed by atoms with van der Waals surface area (Å²) in [4.78, 5) is 0. The maximum absolute atomic E-state index is 5.70. The Balaban J connectivity index is 2.06. The molecule has 4 unspecified atom stereocenters. The van der Waals surface area contributed by atoms with E-state index in [4.69, 9.17) is 4.74 Å². The van der Waals surface area contributed by atoms with Gasteiger partial charge in [-0.15, -0.1) is 0 Å². The lowest BCUT2D eigenvalue weighted by Crippen LogP contribution is -2.30. The molecule has 0 aromatic heterocycles. The van der Waals surface area contributed by atoms with Crippen molar-refractivity contribution in [1.29, 1.82) is 0 Å². The van der Waals surface area contributed by atoms with Gasteiger partial charge in [-0.2, -0.15) is 0 Å². The first-order valence-corrected chi connectivity index (χ1v) is 4.31. The van der Waals surface area contributed by atoms with E-state index in [9.17, 15) is 0 Å². The molecule has 0 aromatic carbocycles. The number of rotatable bonds is 2. The number of ether oxygens (including phenoxy) is 1. The third-order valence-corrected chi connectivity index (χ3v) is 2.86. The van der Waals surface area contributed by atoms with E-state index in [1.807, 2.05) is 7.05 Å². The molecule has 2 aliphatic rings. The molecule has 0 saturated carbocycles. The summed E-state index contributed by atoms with van der Waals surface area (Å²) in [5.41, 5.74) is 0. The Kier molecular flexibility index (Phi) is 1.74. The van der Waals surface area contributed by atoms with Crippen LogP contribution in [0, 0.1) is 11.8 Å². The molecule has 1 saturated heterocycles. The number of nitrogens with one attached hydrogen (secondary N) is 1. The highest BCUT2D eigenvalue weighted by molar-refractivity contribution is 5.13. The molecule has 0 aromatic rings. The van der Waals surface area contributed by atoms with Crippen molar-refractivity contribution >= 4 is 0 Å².